The molecule has 0 saturated carbocycles. The standard InChI is InChI=1S/C12H13NO3/c1-4-7-13(2)12(15)10-6-5-9(16-3)8-11(10)14/h1,5-6,8,14H,7H2,2-3H3. The van der Waals surface area contributed by atoms with Crippen molar-refractivity contribution >= 4 is 5.91 Å². The van der Waals surface area contributed by atoms with Crippen molar-refractivity contribution < 1.29 is 14.6 Å². The Balaban J connectivity index is 2.97. The summed E-state index contributed by atoms with van der Waals surface area (Å²) < 4.78 is 4.92. The van der Waals surface area contributed by atoms with Crippen molar-refractivity contribution in [1.82, 2.24) is 4.90 Å². The highest BCUT2D eigenvalue weighted by molar-refractivity contribution is 5.97. The van der Waals surface area contributed by atoms with Gasteiger partial charge in [0.1, 0.15) is 11.5 Å². The second kappa shape index (κ2) is 5.08. The van der Waals surface area contributed by atoms with E-state index in [9.17, 15) is 9.90 Å². The molecule has 0 fully saturated rings. The van der Waals surface area contributed by atoms with Crippen LogP contribution in [-0.2, 0) is 0 Å². The van der Waals surface area contributed by atoms with E-state index < -0.39 is 0 Å². The summed E-state index contributed by atoms with van der Waals surface area (Å²) in [7, 11) is 3.06. The average Bonchev–Trinajstić information content (AvgIpc) is 2.28. The molecule has 1 amide bonds. The summed E-state index contributed by atoms with van der Waals surface area (Å²) in [5.74, 6) is 2.41. The Kier molecular flexibility index (Phi) is 3.78. The number of nitrogens with zero attached hydrogens (tertiary/aromatic N) is 1. The van der Waals surface area contributed by atoms with Gasteiger partial charge in [0.05, 0.1) is 19.2 Å². The predicted octanol–water partition coefficient (Wildman–Crippen LogP) is 1.11. The average molecular weight is 219 g/mol. The third kappa shape index (κ3) is 2.45. The molecule has 1 aromatic carbocycles. The van der Waals surface area contributed by atoms with Crippen molar-refractivity contribution in [2.45, 2.75) is 0 Å². The maximum atomic E-state index is 11.8. The van der Waals surface area contributed by atoms with E-state index in [1.165, 1.54) is 24.1 Å². The van der Waals surface area contributed by atoms with Gasteiger partial charge in [0.2, 0.25) is 0 Å². The number of amides is 1. The lowest BCUT2D eigenvalue weighted by Crippen LogP contribution is -2.26. The van der Waals surface area contributed by atoms with Crippen LogP contribution in [0.2, 0.25) is 0 Å². The Morgan fingerprint density at radius 3 is 2.81 bits per heavy atom. The van der Waals surface area contributed by atoms with Crippen molar-refractivity contribution in [3.63, 3.8) is 0 Å². The second-order valence-electron chi connectivity index (χ2n) is 3.25. The lowest BCUT2D eigenvalue weighted by Gasteiger charge is -2.14. The Morgan fingerprint density at radius 2 is 2.31 bits per heavy atom. The Bertz CT molecular complexity index is 434. The molecule has 0 aliphatic rings. The van der Waals surface area contributed by atoms with Gasteiger partial charge in [-0.3, -0.25) is 4.79 Å². The summed E-state index contributed by atoms with van der Waals surface area (Å²) in [4.78, 5) is 13.1. The molecular formula is C12H13NO3. The van der Waals surface area contributed by atoms with E-state index in [0.29, 0.717) is 5.75 Å². The van der Waals surface area contributed by atoms with Gasteiger partial charge in [0.15, 0.2) is 0 Å². The summed E-state index contributed by atoms with van der Waals surface area (Å²) in [6.07, 6.45) is 5.10. The number of phenolic OH excluding ortho intramolecular Hbond substituents is 1. The first-order valence-electron chi connectivity index (χ1n) is 4.66. The summed E-state index contributed by atoms with van der Waals surface area (Å²) in [5.41, 5.74) is 0.207. The third-order valence-electron chi connectivity index (χ3n) is 2.11. The zero-order valence-corrected chi connectivity index (χ0v) is 9.23. The second-order valence-corrected chi connectivity index (χ2v) is 3.25. The number of carbonyl (C=O) groups is 1. The van der Waals surface area contributed by atoms with Crippen molar-refractivity contribution in [1.29, 1.82) is 0 Å². The van der Waals surface area contributed by atoms with Crippen LogP contribution in [-0.4, -0.2) is 36.6 Å². The number of hydrogen-bond acceptors (Lipinski definition) is 3. The number of rotatable bonds is 3. The van der Waals surface area contributed by atoms with E-state index in [-0.39, 0.29) is 23.8 Å². The topological polar surface area (TPSA) is 49.8 Å². The van der Waals surface area contributed by atoms with E-state index in [4.69, 9.17) is 11.2 Å². The number of ether oxygens (including phenoxy) is 1. The third-order valence-corrected chi connectivity index (χ3v) is 2.11. The smallest absolute Gasteiger partial charge is 0.258 e. The zero-order valence-electron chi connectivity index (χ0n) is 9.23. The van der Waals surface area contributed by atoms with Gasteiger partial charge in [0, 0.05) is 13.1 Å². The van der Waals surface area contributed by atoms with E-state index in [0.717, 1.165) is 0 Å². The lowest BCUT2D eigenvalue weighted by molar-refractivity contribution is 0.0809. The molecule has 4 nitrogen and oxygen atoms in total. The first-order chi connectivity index (χ1) is 7.60. The number of phenols is 1. The van der Waals surface area contributed by atoms with Gasteiger partial charge in [0.25, 0.3) is 5.91 Å². The first-order valence-corrected chi connectivity index (χ1v) is 4.66. The van der Waals surface area contributed by atoms with Crippen LogP contribution in [0.3, 0.4) is 0 Å². The minimum absolute atomic E-state index is 0.117. The summed E-state index contributed by atoms with van der Waals surface area (Å²) in [6.45, 7) is 0.199. The number of hydrogen-bond donors (Lipinski definition) is 1. The van der Waals surface area contributed by atoms with Crippen LogP contribution < -0.4 is 4.74 Å². The fourth-order valence-corrected chi connectivity index (χ4v) is 1.23. The molecule has 0 aromatic heterocycles. The SMILES string of the molecule is C#CCN(C)C(=O)c1ccc(OC)cc1O. The summed E-state index contributed by atoms with van der Waals surface area (Å²) in [5, 5.41) is 9.63. The van der Waals surface area contributed by atoms with E-state index >= 15 is 0 Å². The van der Waals surface area contributed by atoms with Gasteiger partial charge in [-0.25, -0.2) is 0 Å². The monoisotopic (exact) mass is 219 g/mol. The number of methoxy groups -OCH3 is 1. The molecule has 0 unspecified atom stereocenters. The zero-order chi connectivity index (χ0) is 12.1. The van der Waals surface area contributed by atoms with Crippen LogP contribution in [0.25, 0.3) is 0 Å². The molecule has 0 bridgehead atoms. The van der Waals surface area contributed by atoms with E-state index in [1.54, 1.807) is 13.1 Å². The molecule has 16 heavy (non-hydrogen) atoms. The Labute approximate surface area is 94.4 Å². The molecule has 1 aromatic rings. The largest absolute Gasteiger partial charge is 0.507 e. The normalized spacial score (nSPS) is 9.31. The molecule has 0 saturated heterocycles. The minimum atomic E-state index is -0.321. The molecule has 0 heterocycles. The van der Waals surface area contributed by atoms with Gasteiger partial charge in [-0.15, -0.1) is 6.42 Å². The molecule has 0 atom stereocenters. The summed E-state index contributed by atoms with van der Waals surface area (Å²) in [6, 6.07) is 4.50. The van der Waals surface area contributed by atoms with Crippen molar-refractivity contribution in [2.24, 2.45) is 0 Å². The molecule has 1 N–H and O–H groups in total. The molecule has 1 rings (SSSR count). The summed E-state index contributed by atoms with van der Waals surface area (Å²) >= 11 is 0. The maximum Gasteiger partial charge on any atom is 0.258 e. The van der Waals surface area contributed by atoms with Gasteiger partial charge in [-0.1, -0.05) is 5.92 Å². The number of carbonyl (C=O) groups excluding carboxylic acids is 1. The van der Waals surface area contributed by atoms with Crippen LogP contribution >= 0.6 is 0 Å². The number of aromatic hydroxyl groups is 1. The van der Waals surface area contributed by atoms with Crippen LogP contribution in [0.4, 0.5) is 0 Å². The quantitative estimate of drug-likeness (QED) is 0.775. The van der Waals surface area contributed by atoms with Crippen molar-refractivity contribution in [3.05, 3.63) is 23.8 Å². The maximum absolute atomic E-state index is 11.8. The lowest BCUT2D eigenvalue weighted by atomic mass is 10.1. The van der Waals surface area contributed by atoms with Gasteiger partial charge >= 0.3 is 0 Å². The minimum Gasteiger partial charge on any atom is -0.507 e. The molecule has 0 aliphatic heterocycles. The van der Waals surface area contributed by atoms with E-state index in [1.807, 2.05) is 0 Å². The Morgan fingerprint density at radius 1 is 1.62 bits per heavy atom. The van der Waals surface area contributed by atoms with Gasteiger partial charge in [-0.05, 0) is 12.1 Å². The Hall–Kier alpha value is -2.15. The molecule has 0 spiro atoms. The fourth-order valence-electron chi connectivity index (χ4n) is 1.23. The molecular weight excluding hydrogens is 206 g/mol. The van der Waals surface area contributed by atoms with Crippen LogP contribution in [0.5, 0.6) is 11.5 Å². The molecule has 0 aliphatic carbocycles. The molecule has 84 valence electrons. The highest BCUT2D eigenvalue weighted by atomic mass is 16.5. The van der Waals surface area contributed by atoms with Crippen LogP contribution in [0.15, 0.2) is 18.2 Å². The van der Waals surface area contributed by atoms with Crippen LogP contribution in [0.1, 0.15) is 10.4 Å². The number of terminal acetylenes is 1. The number of benzene rings is 1. The van der Waals surface area contributed by atoms with Crippen molar-refractivity contribution in [2.75, 3.05) is 20.7 Å². The highest BCUT2D eigenvalue weighted by Crippen LogP contribution is 2.24. The van der Waals surface area contributed by atoms with Gasteiger partial charge < -0.3 is 14.7 Å². The predicted molar refractivity (Wildman–Crippen MR) is 60.5 cm³/mol. The van der Waals surface area contributed by atoms with Crippen molar-refractivity contribution in [3.8, 4) is 23.8 Å². The van der Waals surface area contributed by atoms with Gasteiger partial charge in [-0.2, -0.15) is 0 Å². The first kappa shape index (κ1) is 11.9. The molecule has 4 heteroatoms. The van der Waals surface area contributed by atoms with Crippen LogP contribution in [0, 0.1) is 12.3 Å². The highest BCUT2D eigenvalue weighted by Gasteiger charge is 2.15. The fraction of sp³-hybridized carbons (Fsp3) is 0.250. The molecule has 0 radical (unpaired) electrons. The van der Waals surface area contributed by atoms with E-state index in [2.05, 4.69) is 5.92 Å².